The van der Waals surface area contributed by atoms with Gasteiger partial charge in [-0.1, -0.05) is 30.7 Å². The van der Waals surface area contributed by atoms with Crippen LogP contribution >= 0.6 is 11.6 Å². The fourth-order valence-electron chi connectivity index (χ4n) is 2.53. The van der Waals surface area contributed by atoms with Crippen molar-refractivity contribution in [1.82, 2.24) is 10.2 Å². The Hall–Kier alpha value is -2.34. The van der Waals surface area contributed by atoms with Crippen LogP contribution in [0.15, 0.2) is 30.3 Å². The summed E-state index contributed by atoms with van der Waals surface area (Å²) in [7, 11) is 0. The molecule has 1 heterocycles. The summed E-state index contributed by atoms with van der Waals surface area (Å²) in [6.45, 7) is 4.40. The van der Waals surface area contributed by atoms with E-state index in [1.54, 1.807) is 37.3 Å². The van der Waals surface area contributed by atoms with E-state index >= 15 is 0 Å². The molecule has 0 aliphatic carbocycles. The van der Waals surface area contributed by atoms with Gasteiger partial charge in [-0.25, -0.2) is 0 Å². The summed E-state index contributed by atoms with van der Waals surface area (Å²) in [6.07, 6.45) is 3.36. The normalized spacial score (nSPS) is 18.5. The summed E-state index contributed by atoms with van der Waals surface area (Å²) in [4.78, 5) is 38.1. The van der Waals surface area contributed by atoms with E-state index in [-0.39, 0.29) is 24.3 Å². The minimum atomic E-state index is -0.859. The van der Waals surface area contributed by atoms with Crippen LogP contribution in [0.1, 0.15) is 32.3 Å². The molecule has 2 amide bonds. The molecule has 1 N–H and O–H groups in total. The summed E-state index contributed by atoms with van der Waals surface area (Å²) >= 11 is 5.84. The molecular formula is C19H23ClN2O4. The maximum Gasteiger partial charge on any atom is 0.308 e. The lowest BCUT2D eigenvalue weighted by Crippen LogP contribution is -2.57. The number of amides is 2. The van der Waals surface area contributed by atoms with Gasteiger partial charge in [-0.3, -0.25) is 14.4 Å². The number of hydrogen-bond acceptors (Lipinski definition) is 4. The minimum absolute atomic E-state index is 0.156. The van der Waals surface area contributed by atoms with Gasteiger partial charge < -0.3 is 15.0 Å². The van der Waals surface area contributed by atoms with Crippen LogP contribution < -0.4 is 5.32 Å². The number of nitrogens with zero attached hydrogens (tertiary/aromatic N) is 1. The van der Waals surface area contributed by atoms with Gasteiger partial charge in [0.05, 0.1) is 12.5 Å². The number of halogens is 1. The van der Waals surface area contributed by atoms with E-state index < -0.39 is 12.0 Å². The molecule has 1 fully saturated rings. The van der Waals surface area contributed by atoms with Gasteiger partial charge in [0.25, 0.3) is 0 Å². The molecule has 0 spiro atoms. The Morgan fingerprint density at radius 3 is 2.73 bits per heavy atom. The SMILES string of the molecule is CCC(C)OC(=O)CC1C(=O)NCCN1C(=O)/C=C/c1ccc(Cl)cc1. The van der Waals surface area contributed by atoms with E-state index in [1.807, 2.05) is 6.92 Å². The Balaban J connectivity index is 2.05. The third kappa shape index (κ3) is 5.59. The number of esters is 1. The number of piperazine rings is 1. The van der Waals surface area contributed by atoms with E-state index in [2.05, 4.69) is 5.32 Å². The second-order valence-electron chi connectivity index (χ2n) is 6.14. The molecule has 140 valence electrons. The molecule has 2 atom stereocenters. The highest BCUT2D eigenvalue weighted by Gasteiger charge is 2.34. The van der Waals surface area contributed by atoms with E-state index in [9.17, 15) is 14.4 Å². The van der Waals surface area contributed by atoms with Gasteiger partial charge in [0.2, 0.25) is 11.8 Å². The maximum atomic E-state index is 12.5. The molecule has 0 radical (unpaired) electrons. The predicted molar refractivity (Wildman–Crippen MR) is 99.5 cm³/mol. The number of ether oxygens (including phenoxy) is 1. The molecule has 26 heavy (non-hydrogen) atoms. The highest BCUT2D eigenvalue weighted by atomic mass is 35.5. The van der Waals surface area contributed by atoms with Crippen molar-refractivity contribution >= 4 is 35.5 Å². The zero-order valence-electron chi connectivity index (χ0n) is 14.9. The third-order valence-corrected chi connectivity index (χ3v) is 4.42. The Morgan fingerprint density at radius 1 is 1.38 bits per heavy atom. The molecular weight excluding hydrogens is 356 g/mol. The van der Waals surface area contributed by atoms with Crippen molar-refractivity contribution in [3.05, 3.63) is 40.9 Å². The first-order valence-electron chi connectivity index (χ1n) is 8.62. The van der Waals surface area contributed by atoms with Crippen LogP contribution in [-0.4, -0.2) is 47.9 Å². The van der Waals surface area contributed by atoms with Gasteiger partial charge in [-0.2, -0.15) is 0 Å². The molecule has 1 saturated heterocycles. The molecule has 1 aromatic carbocycles. The Kier molecular flexibility index (Phi) is 7.21. The standard InChI is InChI=1S/C19H23ClN2O4/c1-3-13(2)26-18(24)12-16-19(25)21-10-11-22(16)17(23)9-6-14-4-7-15(20)8-5-14/h4-9,13,16H,3,10-12H2,1-2H3,(H,21,25)/b9-6+. The van der Waals surface area contributed by atoms with Crippen molar-refractivity contribution in [2.24, 2.45) is 0 Å². The van der Waals surface area contributed by atoms with Crippen LogP contribution in [0.3, 0.4) is 0 Å². The van der Waals surface area contributed by atoms with Crippen LogP contribution in [0.2, 0.25) is 5.02 Å². The van der Waals surface area contributed by atoms with Crippen molar-refractivity contribution in [3.8, 4) is 0 Å². The lowest BCUT2D eigenvalue weighted by molar-refractivity contribution is -0.154. The van der Waals surface area contributed by atoms with Crippen molar-refractivity contribution in [2.75, 3.05) is 13.1 Å². The smallest absolute Gasteiger partial charge is 0.308 e. The van der Waals surface area contributed by atoms with Crippen LogP contribution in [0.25, 0.3) is 6.08 Å². The van der Waals surface area contributed by atoms with E-state index in [1.165, 1.54) is 11.0 Å². The summed E-state index contributed by atoms with van der Waals surface area (Å²) in [5, 5.41) is 3.30. The first-order chi connectivity index (χ1) is 12.4. The van der Waals surface area contributed by atoms with Gasteiger partial charge in [-0.05, 0) is 37.1 Å². The summed E-state index contributed by atoms with van der Waals surface area (Å²) in [6, 6.07) is 6.18. The lowest BCUT2D eigenvalue weighted by atomic mass is 10.1. The Labute approximate surface area is 158 Å². The molecule has 0 bridgehead atoms. The molecule has 1 aromatic rings. The number of carbonyl (C=O) groups excluding carboxylic acids is 3. The number of carbonyl (C=O) groups is 3. The van der Waals surface area contributed by atoms with Gasteiger partial charge in [0.1, 0.15) is 6.04 Å². The minimum Gasteiger partial charge on any atom is -0.463 e. The lowest BCUT2D eigenvalue weighted by Gasteiger charge is -2.34. The molecule has 6 nitrogen and oxygen atoms in total. The van der Waals surface area contributed by atoms with Crippen molar-refractivity contribution < 1.29 is 19.1 Å². The predicted octanol–water partition coefficient (Wildman–Crippen LogP) is 2.41. The third-order valence-electron chi connectivity index (χ3n) is 4.17. The number of benzene rings is 1. The van der Waals surface area contributed by atoms with Gasteiger partial charge in [0.15, 0.2) is 0 Å². The maximum absolute atomic E-state index is 12.5. The first kappa shape index (κ1) is 20.0. The zero-order valence-corrected chi connectivity index (χ0v) is 15.7. The first-order valence-corrected chi connectivity index (χ1v) is 9.00. The fourth-order valence-corrected chi connectivity index (χ4v) is 2.66. The van der Waals surface area contributed by atoms with Crippen molar-refractivity contribution in [3.63, 3.8) is 0 Å². The monoisotopic (exact) mass is 378 g/mol. The highest BCUT2D eigenvalue weighted by Crippen LogP contribution is 2.14. The summed E-state index contributed by atoms with van der Waals surface area (Å²) in [5.74, 6) is -1.15. The molecule has 0 aromatic heterocycles. The second kappa shape index (κ2) is 9.38. The second-order valence-corrected chi connectivity index (χ2v) is 6.57. The van der Waals surface area contributed by atoms with Crippen LogP contribution in [-0.2, 0) is 19.1 Å². The Morgan fingerprint density at radius 2 is 2.08 bits per heavy atom. The largest absolute Gasteiger partial charge is 0.463 e. The van der Waals surface area contributed by atoms with E-state index in [0.29, 0.717) is 24.5 Å². The molecule has 7 heteroatoms. The average molecular weight is 379 g/mol. The van der Waals surface area contributed by atoms with Crippen LogP contribution in [0.4, 0.5) is 0 Å². The van der Waals surface area contributed by atoms with Crippen molar-refractivity contribution in [2.45, 2.75) is 38.8 Å². The summed E-state index contributed by atoms with van der Waals surface area (Å²) in [5.41, 5.74) is 0.817. The molecule has 0 saturated carbocycles. The van der Waals surface area contributed by atoms with Gasteiger partial charge >= 0.3 is 5.97 Å². The van der Waals surface area contributed by atoms with Crippen molar-refractivity contribution in [1.29, 1.82) is 0 Å². The number of rotatable bonds is 6. The van der Waals surface area contributed by atoms with E-state index in [4.69, 9.17) is 16.3 Å². The average Bonchev–Trinajstić information content (AvgIpc) is 2.62. The van der Waals surface area contributed by atoms with Crippen LogP contribution in [0.5, 0.6) is 0 Å². The topological polar surface area (TPSA) is 75.7 Å². The fraction of sp³-hybridized carbons (Fsp3) is 0.421. The van der Waals surface area contributed by atoms with E-state index in [0.717, 1.165) is 5.56 Å². The van der Waals surface area contributed by atoms with Crippen LogP contribution in [0, 0.1) is 0 Å². The number of nitrogens with one attached hydrogen (secondary N) is 1. The quantitative estimate of drug-likeness (QED) is 0.609. The summed E-state index contributed by atoms with van der Waals surface area (Å²) < 4.78 is 5.23. The number of hydrogen-bond donors (Lipinski definition) is 1. The molecule has 1 aliphatic heterocycles. The zero-order chi connectivity index (χ0) is 19.1. The molecule has 2 unspecified atom stereocenters. The molecule has 2 rings (SSSR count). The molecule has 1 aliphatic rings. The van der Waals surface area contributed by atoms with Gasteiger partial charge in [-0.15, -0.1) is 0 Å². The Bertz CT molecular complexity index is 687. The highest BCUT2D eigenvalue weighted by molar-refractivity contribution is 6.30. The van der Waals surface area contributed by atoms with Gasteiger partial charge in [0, 0.05) is 24.2 Å².